The molecule has 1 aliphatic rings. The summed E-state index contributed by atoms with van der Waals surface area (Å²) in [6.07, 6.45) is 2.25. The van der Waals surface area contributed by atoms with Crippen LogP contribution in [0, 0.1) is 0 Å². The van der Waals surface area contributed by atoms with Gasteiger partial charge in [-0.2, -0.15) is 12.6 Å². The van der Waals surface area contributed by atoms with Gasteiger partial charge >= 0.3 is 0 Å². The Balaban J connectivity index is 2.24. The fourth-order valence-corrected chi connectivity index (χ4v) is 1.67. The fourth-order valence-electron chi connectivity index (χ4n) is 1.58. The molecule has 4 heteroatoms. The van der Waals surface area contributed by atoms with Gasteiger partial charge in [0.1, 0.15) is 0 Å². The molecule has 0 radical (unpaired) electrons. The van der Waals surface area contributed by atoms with E-state index in [1.807, 2.05) is 0 Å². The fraction of sp³-hybridized carbons (Fsp3) is 0.900. The Labute approximate surface area is 91.0 Å². The zero-order chi connectivity index (χ0) is 10.8. The number of hydrogen-bond donors (Lipinski definition) is 2. The molecule has 0 aromatic rings. The molecule has 0 spiro atoms. The zero-order valence-corrected chi connectivity index (χ0v) is 9.93. The van der Waals surface area contributed by atoms with Gasteiger partial charge in [-0.15, -0.1) is 0 Å². The van der Waals surface area contributed by atoms with Crippen LogP contribution in [-0.2, 0) is 9.53 Å². The first kappa shape index (κ1) is 11.9. The summed E-state index contributed by atoms with van der Waals surface area (Å²) in [5, 5.41) is 2.58. The van der Waals surface area contributed by atoms with Gasteiger partial charge in [0.05, 0.1) is 17.0 Å². The number of carbonyl (C=O) groups excluding carboxylic acids is 1. The lowest BCUT2D eigenvalue weighted by Crippen LogP contribution is -2.36. The highest BCUT2D eigenvalue weighted by Gasteiger charge is 2.31. The molecule has 0 saturated carbocycles. The minimum absolute atomic E-state index is 0.0258. The summed E-state index contributed by atoms with van der Waals surface area (Å²) in [6, 6.07) is 0. The summed E-state index contributed by atoms with van der Waals surface area (Å²) in [6.45, 7) is 6.52. The van der Waals surface area contributed by atoms with Crippen molar-refractivity contribution < 1.29 is 9.53 Å². The van der Waals surface area contributed by atoms with E-state index >= 15 is 0 Å². The Morgan fingerprint density at radius 1 is 1.71 bits per heavy atom. The highest BCUT2D eigenvalue weighted by atomic mass is 32.1. The van der Waals surface area contributed by atoms with Crippen LogP contribution in [-0.4, -0.2) is 29.4 Å². The molecule has 0 aromatic heterocycles. The van der Waals surface area contributed by atoms with Crippen molar-refractivity contribution in [3.8, 4) is 0 Å². The number of rotatable bonds is 3. The van der Waals surface area contributed by atoms with Crippen LogP contribution in [0.4, 0.5) is 0 Å². The van der Waals surface area contributed by atoms with E-state index in [2.05, 4.69) is 31.8 Å². The predicted molar refractivity (Wildman–Crippen MR) is 59.6 cm³/mol. The third-order valence-corrected chi connectivity index (χ3v) is 2.67. The minimum Gasteiger partial charge on any atom is -0.371 e. The van der Waals surface area contributed by atoms with E-state index < -0.39 is 0 Å². The molecular formula is C10H19NO2S. The smallest absolute Gasteiger partial charge is 0.232 e. The van der Waals surface area contributed by atoms with E-state index in [-0.39, 0.29) is 22.9 Å². The predicted octanol–water partition coefficient (Wildman–Crippen LogP) is 1.38. The Hall–Kier alpha value is -0.220. The van der Waals surface area contributed by atoms with Crippen LogP contribution in [0.2, 0.25) is 0 Å². The van der Waals surface area contributed by atoms with Crippen LogP contribution in [0.3, 0.4) is 0 Å². The third-order valence-electron chi connectivity index (χ3n) is 2.44. The summed E-state index contributed by atoms with van der Waals surface area (Å²) < 4.78 is 5.74. The number of ether oxygens (including phenoxy) is 1. The Morgan fingerprint density at radius 3 is 2.79 bits per heavy atom. The molecule has 82 valence electrons. The summed E-state index contributed by atoms with van der Waals surface area (Å²) in [5.41, 5.74) is -0.0258. The molecule has 2 unspecified atom stereocenters. The number of amides is 1. The average Bonchev–Trinajstić information content (AvgIpc) is 2.41. The maximum atomic E-state index is 11.2. The second kappa shape index (κ2) is 4.53. The normalized spacial score (nSPS) is 27.3. The van der Waals surface area contributed by atoms with Crippen LogP contribution in [0.1, 0.15) is 33.6 Å². The molecule has 1 aliphatic heterocycles. The van der Waals surface area contributed by atoms with Crippen molar-refractivity contribution in [3.05, 3.63) is 0 Å². The molecule has 0 aliphatic carbocycles. The van der Waals surface area contributed by atoms with Crippen molar-refractivity contribution in [1.82, 2.24) is 5.32 Å². The van der Waals surface area contributed by atoms with Gasteiger partial charge in [0.2, 0.25) is 5.91 Å². The molecule has 0 aromatic carbocycles. The summed E-state index contributed by atoms with van der Waals surface area (Å²) in [4.78, 5) is 11.2. The van der Waals surface area contributed by atoms with Crippen molar-refractivity contribution in [3.63, 3.8) is 0 Å². The van der Waals surface area contributed by atoms with Gasteiger partial charge in [0.25, 0.3) is 0 Å². The first-order valence-corrected chi connectivity index (χ1v) is 5.56. The summed E-state index contributed by atoms with van der Waals surface area (Å²) >= 11 is 4.05. The molecule has 14 heavy (non-hydrogen) atoms. The molecule has 1 saturated heterocycles. The van der Waals surface area contributed by atoms with Crippen LogP contribution < -0.4 is 5.32 Å². The molecule has 1 N–H and O–H groups in total. The second-order valence-electron chi connectivity index (χ2n) is 4.46. The topological polar surface area (TPSA) is 38.3 Å². The minimum atomic E-state index is -0.246. The lowest BCUT2D eigenvalue weighted by Gasteiger charge is -2.19. The number of hydrogen-bond acceptors (Lipinski definition) is 3. The second-order valence-corrected chi connectivity index (χ2v) is 5.23. The van der Waals surface area contributed by atoms with Gasteiger partial charge < -0.3 is 10.1 Å². The van der Waals surface area contributed by atoms with Gasteiger partial charge in [-0.25, -0.2) is 0 Å². The zero-order valence-electron chi connectivity index (χ0n) is 9.04. The van der Waals surface area contributed by atoms with Gasteiger partial charge in [0, 0.05) is 6.54 Å². The standard InChI is InChI=1S/C10H19NO2S/c1-7(14)9(12)11-6-8-4-5-10(2,3)13-8/h7-8,14H,4-6H2,1-3H3,(H,11,12). The maximum Gasteiger partial charge on any atom is 0.232 e. The van der Waals surface area contributed by atoms with Crippen LogP contribution >= 0.6 is 12.6 Å². The Kier molecular flexibility index (Phi) is 3.84. The van der Waals surface area contributed by atoms with E-state index in [0.717, 1.165) is 12.8 Å². The van der Waals surface area contributed by atoms with Gasteiger partial charge in [-0.3, -0.25) is 4.79 Å². The summed E-state index contributed by atoms with van der Waals surface area (Å²) in [7, 11) is 0. The average molecular weight is 217 g/mol. The molecule has 1 heterocycles. The largest absolute Gasteiger partial charge is 0.371 e. The van der Waals surface area contributed by atoms with Crippen molar-refractivity contribution in [2.24, 2.45) is 0 Å². The Bertz CT molecular complexity index is 216. The highest BCUT2D eigenvalue weighted by molar-refractivity contribution is 7.81. The number of carbonyl (C=O) groups is 1. The quantitative estimate of drug-likeness (QED) is 0.701. The van der Waals surface area contributed by atoms with Gasteiger partial charge in [0.15, 0.2) is 0 Å². The monoisotopic (exact) mass is 217 g/mol. The van der Waals surface area contributed by atoms with E-state index in [1.54, 1.807) is 6.92 Å². The van der Waals surface area contributed by atoms with Crippen molar-refractivity contribution in [2.75, 3.05) is 6.54 Å². The van der Waals surface area contributed by atoms with Gasteiger partial charge in [-0.1, -0.05) is 0 Å². The molecule has 1 fully saturated rings. The molecule has 1 amide bonds. The van der Waals surface area contributed by atoms with Crippen LogP contribution in [0.25, 0.3) is 0 Å². The SMILES string of the molecule is CC(S)C(=O)NCC1CCC(C)(C)O1. The molecule has 1 rings (SSSR count). The third kappa shape index (κ3) is 3.50. The van der Waals surface area contributed by atoms with Crippen molar-refractivity contribution in [2.45, 2.75) is 50.6 Å². The lowest BCUT2D eigenvalue weighted by molar-refractivity contribution is -0.121. The van der Waals surface area contributed by atoms with Gasteiger partial charge in [-0.05, 0) is 33.6 Å². The van der Waals surface area contributed by atoms with Crippen LogP contribution in [0.5, 0.6) is 0 Å². The number of nitrogens with one attached hydrogen (secondary N) is 1. The highest BCUT2D eigenvalue weighted by Crippen LogP contribution is 2.28. The first-order chi connectivity index (χ1) is 6.41. The lowest BCUT2D eigenvalue weighted by atomic mass is 10.1. The van der Waals surface area contributed by atoms with Crippen LogP contribution in [0.15, 0.2) is 0 Å². The van der Waals surface area contributed by atoms with E-state index in [9.17, 15) is 4.79 Å². The van der Waals surface area contributed by atoms with Crippen molar-refractivity contribution >= 4 is 18.5 Å². The van der Waals surface area contributed by atoms with E-state index in [0.29, 0.717) is 6.54 Å². The summed E-state index contributed by atoms with van der Waals surface area (Å²) in [5.74, 6) is -0.0263. The molecule has 3 nitrogen and oxygen atoms in total. The van der Waals surface area contributed by atoms with E-state index in [1.165, 1.54) is 0 Å². The Morgan fingerprint density at radius 2 is 2.36 bits per heavy atom. The molecule has 2 atom stereocenters. The maximum absolute atomic E-state index is 11.2. The van der Waals surface area contributed by atoms with Crippen molar-refractivity contribution in [1.29, 1.82) is 0 Å². The molecule has 0 bridgehead atoms. The van der Waals surface area contributed by atoms with E-state index in [4.69, 9.17) is 4.74 Å². The first-order valence-electron chi connectivity index (χ1n) is 5.04. The molecular weight excluding hydrogens is 198 g/mol. The number of thiol groups is 1.